The zero-order valence-corrected chi connectivity index (χ0v) is 17.1. The van der Waals surface area contributed by atoms with Crippen LogP contribution < -0.4 is 5.32 Å². The number of amides is 2. The van der Waals surface area contributed by atoms with Crippen LogP contribution in [0.1, 0.15) is 29.9 Å². The van der Waals surface area contributed by atoms with Crippen molar-refractivity contribution >= 4 is 18.0 Å². The van der Waals surface area contributed by atoms with Crippen LogP contribution in [0.25, 0.3) is 11.1 Å². The van der Waals surface area contributed by atoms with E-state index in [4.69, 9.17) is 4.74 Å². The minimum Gasteiger partial charge on any atom is -0.479 e. The van der Waals surface area contributed by atoms with Gasteiger partial charge >= 0.3 is 12.1 Å². The van der Waals surface area contributed by atoms with Crippen LogP contribution in [0.2, 0.25) is 0 Å². The van der Waals surface area contributed by atoms with Gasteiger partial charge in [-0.1, -0.05) is 54.5 Å². The molecule has 2 aliphatic rings. The number of hydrogen-bond acceptors (Lipinski definition) is 4. The van der Waals surface area contributed by atoms with Gasteiger partial charge in [0.05, 0.1) is 6.54 Å². The van der Waals surface area contributed by atoms with Crippen molar-refractivity contribution in [3.8, 4) is 23.0 Å². The zero-order chi connectivity index (χ0) is 22.0. The van der Waals surface area contributed by atoms with Crippen LogP contribution in [0.15, 0.2) is 48.5 Å². The molecule has 31 heavy (non-hydrogen) atoms. The molecule has 0 radical (unpaired) electrons. The summed E-state index contributed by atoms with van der Waals surface area (Å²) in [7, 11) is 1.43. The molecule has 2 aromatic carbocycles. The number of fused-ring (bicyclic) bond motifs is 3. The summed E-state index contributed by atoms with van der Waals surface area (Å²) in [4.78, 5) is 36.6. The molecule has 0 atom stereocenters. The van der Waals surface area contributed by atoms with Crippen LogP contribution in [-0.4, -0.2) is 53.7 Å². The molecule has 0 saturated heterocycles. The van der Waals surface area contributed by atoms with Crippen molar-refractivity contribution in [2.75, 3.05) is 20.2 Å². The number of carboxylic acid groups (broad SMARTS) is 1. The van der Waals surface area contributed by atoms with Gasteiger partial charge in [0.2, 0.25) is 0 Å². The molecule has 0 aliphatic heterocycles. The van der Waals surface area contributed by atoms with Gasteiger partial charge in [-0.05, 0) is 41.0 Å². The molecule has 0 unspecified atom stereocenters. The predicted octanol–water partition coefficient (Wildman–Crippen LogP) is 2.60. The van der Waals surface area contributed by atoms with Gasteiger partial charge in [-0.25, -0.2) is 9.59 Å². The van der Waals surface area contributed by atoms with E-state index in [0.29, 0.717) is 12.8 Å². The van der Waals surface area contributed by atoms with Crippen molar-refractivity contribution < 1.29 is 24.2 Å². The molecule has 4 rings (SSSR count). The van der Waals surface area contributed by atoms with E-state index in [1.165, 1.54) is 7.05 Å². The molecule has 1 saturated carbocycles. The van der Waals surface area contributed by atoms with Gasteiger partial charge in [0.25, 0.3) is 5.91 Å². The molecule has 0 heterocycles. The number of carbonyl (C=O) groups excluding carboxylic acids is 2. The fourth-order valence-electron chi connectivity index (χ4n) is 3.97. The zero-order valence-electron chi connectivity index (χ0n) is 17.1. The summed E-state index contributed by atoms with van der Waals surface area (Å²) in [6.07, 6.45) is 0.218. The Labute approximate surface area is 180 Å². The van der Waals surface area contributed by atoms with E-state index < -0.39 is 23.5 Å². The number of alkyl carbamates (subject to hydrolysis) is 1. The predicted molar refractivity (Wildman–Crippen MR) is 113 cm³/mol. The summed E-state index contributed by atoms with van der Waals surface area (Å²) in [5.74, 6) is 3.26. The van der Waals surface area contributed by atoms with Crippen molar-refractivity contribution in [1.29, 1.82) is 0 Å². The van der Waals surface area contributed by atoms with E-state index in [0.717, 1.165) is 27.2 Å². The Hall–Kier alpha value is -3.79. The Morgan fingerprint density at radius 3 is 2.23 bits per heavy atom. The second-order valence-electron chi connectivity index (χ2n) is 7.68. The van der Waals surface area contributed by atoms with Crippen LogP contribution in [0, 0.1) is 11.8 Å². The molecule has 0 bridgehead atoms. The quantitative estimate of drug-likeness (QED) is 0.728. The molecule has 2 aromatic rings. The lowest BCUT2D eigenvalue weighted by Crippen LogP contribution is -2.44. The molecule has 2 aliphatic carbocycles. The normalized spacial score (nSPS) is 15.0. The van der Waals surface area contributed by atoms with Gasteiger partial charge in [0, 0.05) is 13.0 Å². The van der Waals surface area contributed by atoms with Gasteiger partial charge < -0.3 is 20.1 Å². The van der Waals surface area contributed by atoms with E-state index >= 15 is 0 Å². The summed E-state index contributed by atoms with van der Waals surface area (Å²) in [5.41, 5.74) is 3.41. The van der Waals surface area contributed by atoms with Crippen molar-refractivity contribution in [2.24, 2.45) is 0 Å². The highest BCUT2D eigenvalue weighted by Gasteiger charge is 2.55. The topological polar surface area (TPSA) is 95.9 Å². The number of nitrogens with zero attached hydrogens (tertiary/aromatic N) is 1. The van der Waals surface area contributed by atoms with E-state index in [2.05, 4.69) is 29.3 Å². The average molecular weight is 418 g/mol. The first-order valence-electron chi connectivity index (χ1n) is 10.0. The largest absolute Gasteiger partial charge is 0.479 e. The molecule has 7 nitrogen and oxygen atoms in total. The van der Waals surface area contributed by atoms with Crippen LogP contribution in [0.5, 0.6) is 0 Å². The molecule has 7 heteroatoms. The lowest BCUT2D eigenvalue weighted by Gasteiger charge is -2.21. The first-order valence-corrected chi connectivity index (χ1v) is 10.0. The van der Waals surface area contributed by atoms with Gasteiger partial charge in [-0.15, -0.1) is 0 Å². The van der Waals surface area contributed by atoms with Crippen molar-refractivity contribution in [1.82, 2.24) is 10.2 Å². The second kappa shape index (κ2) is 8.15. The minimum absolute atomic E-state index is 0.0368. The number of likely N-dealkylation sites (N-methyl/N-ethyl adjacent to an activating group) is 1. The maximum absolute atomic E-state index is 12.1. The molecule has 2 amide bonds. The highest BCUT2D eigenvalue weighted by Crippen LogP contribution is 2.44. The number of carbonyl (C=O) groups is 3. The van der Waals surface area contributed by atoms with Crippen LogP contribution >= 0.6 is 0 Å². The third-order valence-electron chi connectivity index (χ3n) is 5.93. The summed E-state index contributed by atoms with van der Waals surface area (Å²) in [6, 6.07) is 16.1. The number of hydrogen-bond donors (Lipinski definition) is 2. The van der Waals surface area contributed by atoms with E-state index in [-0.39, 0.29) is 19.1 Å². The Morgan fingerprint density at radius 1 is 1.10 bits per heavy atom. The molecule has 1 fully saturated rings. The smallest absolute Gasteiger partial charge is 0.407 e. The monoisotopic (exact) mass is 418 g/mol. The Kier molecular flexibility index (Phi) is 5.38. The summed E-state index contributed by atoms with van der Waals surface area (Å²) < 4.78 is 5.40. The van der Waals surface area contributed by atoms with Crippen molar-refractivity contribution in [2.45, 2.75) is 24.3 Å². The highest BCUT2D eigenvalue weighted by molar-refractivity contribution is 5.98. The maximum atomic E-state index is 12.1. The first-order chi connectivity index (χ1) is 14.9. The number of aliphatic carboxylic acids is 1. The minimum atomic E-state index is -1.13. The third-order valence-corrected chi connectivity index (χ3v) is 5.93. The van der Waals surface area contributed by atoms with Gasteiger partial charge in [0.1, 0.15) is 12.1 Å². The van der Waals surface area contributed by atoms with Crippen LogP contribution in [0.3, 0.4) is 0 Å². The van der Waals surface area contributed by atoms with E-state index in [1.54, 1.807) is 0 Å². The molecule has 0 aromatic heterocycles. The molecular formula is C24H22N2O5. The molecule has 2 N–H and O–H groups in total. The Morgan fingerprint density at radius 2 is 1.68 bits per heavy atom. The number of carboxylic acids is 1. The lowest BCUT2D eigenvalue weighted by molar-refractivity contribution is -0.149. The van der Waals surface area contributed by atoms with Gasteiger partial charge in [0.15, 0.2) is 0 Å². The average Bonchev–Trinajstić information content (AvgIpc) is 3.53. The maximum Gasteiger partial charge on any atom is 0.407 e. The summed E-state index contributed by atoms with van der Waals surface area (Å²) in [6.45, 7) is 0.117. The molecular weight excluding hydrogens is 396 g/mol. The van der Waals surface area contributed by atoms with Crippen LogP contribution in [0.4, 0.5) is 4.79 Å². The summed E-state index contributed by atoms with van der Waals surface area (Å²) >= 11 is 0. The fourth-order valence-corrected chi connectivity index (χ4v) is 3.97. The Bertz CT molecular complexity index is 1060. The third kappa shape index (κ3) is 3.84. The second-order valence-corrected chi connectivity index (χ2v) is 7.68. The van der Waals surface area contributed by atoms with Crippen molar-refractivity contribution in [3.05, 3.63) is 59.7 Å². The van der Waals surface area contributed by atoms with Crippen molar-refractivity contribution in [3.63, 3.8) is 0 Å². The first kappa shape index (κ1) is 20.5. The number of benzene rings is 2. The highest BCUT2D eigenvalue weighted by atomic mass is 16.5. The Balaban J connectivity index is 1.30. The lowest BCUT2D eigenvalue weighted by atomic mass is 9.98. The fraction of sp³-hybridized carbons (Fsp3) is 0.292. The SMILES string of the molecule is CN(C(=O)C#CCNC(=O)OCC1c2ccccc2-c2ccccc21)C1(C(=O)O)CC1. The number of nitrogens with one attached hydrogen (secondary N) is 1. The van der Waals surface area contributed by atoms with Gasteiger partial charge in [-0.2, -0.15) is 0 Å². The molecule has 158 valence electrons. The number of ether oxygens (including phenoxy) is 1. The molecule has 0 spiro atoms. The van der Waals surface area contributed by atoms with E-state index in [1.807, 2.05) is 36.4 Å². The van der Waals surface area contributed by atoms with Crippen LogP contribution in [-0.2, 0) is 14.3 Å². The number of rotatable bonds is 5. The van der Waals surface area contributed by atoms with Gasteiger partial charge in [-0.3, -0.25) is 4.79 Å². The standard InChI is InChI=1S/C24H22N2O5/c1-26(24(12-13-24)22(28)29)21(27)11-6-14-25-23(30)31-15-20-18-9-4-2-7-16(18)17-8-3-5-10-19(17)20/h2-5,7-10,20H,12-15H2,1H3,(H,25,30)(H,28,29). The summed E-state index contributed by atoms with van der Waals surface area (Å²) in [5, 5.41) is 11.7. The van der Waals surface area contributed by atoms with E-state index in [9.17, 15) is 19.5 Å².